The van der Waals surface area contributed by atoms with E-state index in [9.17, 15) is 0 Å². The van der Waals surface area contributed by atoms with E-state index >= 15 is 0 Å². The molecule has 1 radical (unpaired) electrons. The van der Waals surface area contributed by atoms with E-state index in [4.69, 9.17) is 0 Å². The van der Waals surface area contributed by atoms with Crippen LogP contribution in [0.25, 0.3) is 0 Å². The molecule has 0 bridgehead atoms. The monoisotopic (exact) mass is 175 g/mol. The fourth-order valence-corrected chi connectivity index (χ4v) is 0.887. The van der Waals surface area contributed by atoms with Gasteiger partial charge in [0.25, 0.3) is 0 Å². The minimum atomic E-state index is 0. The van der Waals surface area contributed by atoms with E-state index in [0.717, 1.165) is 0 Å². The van der Waals surface area contributed by atoms with Gasteiger partial charge in [0, 0.05) is 0 Å². The van der Waals surface area contributed by atoms with Crippen LogP contribution >= 0.6 is 0 Å². The van der Waals surface area contributed by atoms with Gasteiger partial charge in [-0.1, -0.05) is 45.0 Å². The van der Waals surface area contributed by atoms with Gasteiger partial charge in [-0.15, -0.1) is 0 Å². The summed E-state index contributed by atoms with van der Waals surface area (Å²) in [4.78, 5) is 0. The van der Waals surface area contributed by atoms with Crippen molar-refractivity contribution in [1.82, 2.24) is 0 Å². The second kappa shape index (κ2) is 4.49. The van der Waals surface area contributed by atoms with Crippen LogP contribution < -0.4 is 0 Å². The molecule has 0 aliphatic rings. The Hall–Kier alpha value is 0.480. The van der Waals surface area contributed by atoms with E-state index in [0.29, 0.717) is 0 Å². The average molecular weight is 175 g/mol. The molecule has 0 aliphatic carbocycles. The molecule has 0 spiro atoms. The second-order valence-electron chi connectivity index (χ2n) is 3.54. The van der Waals surface area contributed by atoms with Crippen molar-refractivity contribution in [3.63, 3.8) is 0 Å². The molecule has 0 aliphatic heterocycles. The van der Waals surface area contributed by atoms with E-state index in [-0.39, 0.29) is 43.2 Å². The molecule has 11 heavy (non-hydrogen) atoms. The zero-order valence-electron chi connectivity index (χ0n) is 6.81. The Morgan fingerprint density at radius 2 is 1.55 bits per heavy atom. The number of benzene rings is 1. The Balaban J connectivity index is 0.000001000. The van der Waals surface area contributed by atoms with Crippen molar-refractivity contribution in [3.8, 4) is 0 Å². The summed E-state index contributed by atoms with van der Waals surface area (Å²) in [6, 6.07) is 11.1. The molecular formula is C10H15Ca. The summed E-state index contributed by atoms with van der Waals surface area (Å²) in [5.41, 5.74) is 1.64. The molecule has 0 aromatic heterocycles. The SMILES string of the molecule is CC(C)(C)c1cc[c]cc1.[CaH2]. The molecule has 0 fully saturated rings. The van der Waals surface area contributed by atoms with Crippen molar-refractivity contribution < 1.29 is 0 Å². The Labute approximate surface area is 99.0 Å². The topological polar surface area (TPSA) is 0 Å². The van der Waals surface area contributed by atoms with Crippen LogP contribution in [0.4, 0.5) is 0 Å². The summed E-state index contributed by atoms with van der Waals surface area (Å²) in [7, 11) is 0. The summed E-state index contributed by atoms with van der Waals surface area (Å²) in [5, 5.41) is 0. The molecule has 1 aromatic rings. The first-order valence-electron chi connectivity index (χ1n) is 3.57. The Morgan fingerprint density at radius 3 is 1.82 bits per heavy atom. The third-order valence-electron chi connectivity index (χ3n) is 1.58. The van der Waals surface area contributed by atoms with Crippen LogP contribution in [0.5, 0.6) is 0 Å². The summed E-state index contributed by atoms with van der Waals surface area (Å²) in [6.45, 7) is 6.63. The predicted octanol–water partition coefficient (Wildman–Crippen LogP) is 1.87. The third-order valence-corrected chi connectivity index (χ3v) is 1.58. The van der Waals surface area contributed by atoms with Crippen molar-refractivity contribution in [2.45, 2.75) is 26.2 Å². The summed E-state index contributed by atoms with van der Waals surface area (Å²) in [6.07, 6.45) is 0. The molecule has 0 atom stereocenters. The molecule has 0 unspecified atom stereocenters. The zero-order valence-corrected chi connectivity index (χ0v) is 6.81. The third kappa shape index (κ3) is 3.59. The summed E-state index contributed by atoms with van der Waals surface area (Å²) < 4.78 is 0. The zero-order chi connectivity index (χ0) is 7.61. The van der Waals surface area contributed by atoms with Crippen molar-refractivity contribution in [2.75, 3.05) is 0 Å². The van der Waals surface area contributed by atoms with Gasteiger partial charge in [-0.3, -0.25) is 0 Å². The van der Waals surface area contributed by atoms with E-state index in [1.807, 2.05) is 12.1 Å². The van der Waals surface area contributed by atoms with Gasteiger partial charge in [0.15, 0.2) is 0 Å². The van der Waals surface area contributed by atoms with Gasteiger partial charge >= 0.3 is 37.7 Å². The minimum absolute atomic E-state index is 0. The number of hydrogen-bond acceptors (Lipinski definition) is 0. The van der Waals surface area contributed by atoms with Crippen LogP contribution in [-0.2, 0) is 5.41 Å². The summed E-state index contributed by atoms with van der Waals surface area (Å²) >= 11 is 0. The Bertz CT molecular complexity index is 196. The maximum absolute atomic E-state index is 3.00. The average Bonchev–Trinajstić information content (AvgIpc) is 1.88. The fraction of sp³-hybridized carbons (Fsp3) is 0.400. The van der Waals surface area contributed by atoms with E-state index in [1.54, 1.807) is 0 Å². The quantitative estimate of drug-likeness (QED) is 0.528. The molecule has 57 valence electrons. The van der Waals surface area contributed by atoms with Gasteiger partial charge < -0.3 is 0 Å². The first kappa shape index (κ1) is 11.5. The molecule has 0 N–H and O–H groups in total. The molecule has 1 aromatic carbocycles. The molecule has 0 heterocycles. The second-order valence-corrected chi connectivity index (χ2v) is 3.54. The van der Waals surface area contributed by atoms with E-state index < -0.39 is 0 Å². The van der Waals surface area contributed by atoms with E-state index in [1.165, 1.54) is 5.56 Å². The number of hydrogen-bond donors (Lipinski definition) is 0. The standard InChI is InChI=1S/C10H13.Ca.2H/c1-10(2,3)9-7-5-4-6-8-9;;;/h5-8H,1-3H3;;;. The van der Waals surface area contributed by atoms with Crippen LogP contribution in [-0.4, -0.2) is 37.7 Å². The first-order valence-corrected chi connectivity index (χ1v) is 3.57. The fourth-order valence-electron chi connectivity index (χ4n) is 0.887. The molecule has 0 saturated heterocycles. The van der Waals surface area contributed by atoms with Crippen LogP contribution in [0.3, 0.4) is 0 Å². The van der Waals surface area contributed by atoms with Crippen LogP contribution in [0.2, 0.25) is 0 Å². The van der Waals surface area contributed by atoms with Crippen molar-refractivity contribution in [1.29, 1.82) is 0 Å². The van der Waals surface area contributed by atoms with Crippen LogP contribution in [0.15, 0.2) is 24.3 Å². The van der Waals surface area contributed by atoms with Gasteiger partial charge in [0.05, 0.1) is 0 Å². The Morgan fingerprint density at radius 1 is 1.09 bits per heavy atom. The van der Waals surface area contributed by atoms with Crippen LogP contribution in [0.1, 0.15) is 26.3 Å². The van der Waals surface area contributed by atoms with Gasteiger partial charge in [0.1, 0.15) is 0 Å². The molecule has 0 saturated carbocycles. The summed E-state index contributed by atoms with van der Waals surface area (Å²) in [5.74, 6) is 0. The van der Waals surface area contributed by atoms with E-state index in [2.05, 4.69) is 39.0 Å². The molecular weight excluding hydrogens is 160 g/mol. The number of rotatable bonds is 0. The molecule has 0 amide bonds. The normalized spacial score (nSPS) is 10.5. The van der Waals surface area contributed by atoms with Crippen molar-refractivity contribution in [2.24, 2.45) is 0 Å². The van der Waals surface area contributed by atoms with Gasteiger partial charge in [0.2, 0.25) is 0 Å². The molecule has 1 rings (SSSR count). The van der Waals surface area contributed by atoms with Crippen molar-refractivity contribution >= 4 is 37.7 Å². The van der Waals surface area contributed by atoms with Crippen LogP contribution in [0, 0.1) is 6.07 Å². The molecule has 0 nitrogen and oxygen atoms in total. The maximum atomic E-state index is 3.00. The van der Waals surface area contributed by atoms with Gasteiger partial charge in [-0.2, -0.15) is 0 Å². The van der Waals surface area contributed by atoms with Crippen molar-refractivity contribution in [3.05, 3.63) is 35.9 Å². The Kier molecular flexibility index (Phi) is 4.69. The first-order chi connectivity index (χ1) is 4.61. The predicted molar refractivity (Wildman–Crippen MR) is 52.5 cm³/mol. The van der Waals surface area contributed by atoms with Gasteiger partial charge in [-0.25, -0.2) is 0 Å². The van der Waals surface area contributed by atoms with Gasteiger partial charge in [-0.05, 0) is 17.0 Å². The molecule has 1 heteroatoms.